The largest absolute Gasteiger partial charge is 0.454 e. The van der Waals surface area contributed by atoms with Crippen molar-refractivity contribution in [3.8, 4) is 11.5 Å². The molecule has 0 saturated heterocycles. The molecule has 4 fully saturated rings. The molecule has 5 aliphatic rings. The van der Waals surface area contributed by atoms with Crippen LogP contribution in [0.2, 0.25) is 0 Å². The van der Waals surface area contributed by atoms with E-state index in [9.17, 15) is 4.79 Å². The summed E-state index contributed by atoms with van der Waals surface area (Å²) in [5.41, 5.74) is 1.72. The summed E-state index contributed by atoms with van der Waals surface area (Å²) in [6.07, 6.45) is 7.23. The van der Waals surface area contributed by atoms with Crippen LogP contribution in [-0.2, 0) is 11.3 Å². The Bertz CT molecular complexity index is 770. The molecule has 4 aliphatic carbocycles. The summed E-state index contributed by atoms with van der Waals surface area (Å²) in [7, 11) is 0. The first-order valence-electron chi connectivity index (χ1n) is 10.5. The standard InChI is InChI=1S/C23H31NO3/c1-4-24(11-16-5-6-18-19(7-16)27-15-26-18)20(25)23-10-17-8-21(2,13-23)12-22(3,9-17)14-23/h5-7,17H,4,8-15H2,1-3H3. The molecule has 6 rings (SSSR count). The lowest BCUT2D eigenvalue weighted by molar-refractivity contribution is -0.179. The van der Waals surface area contributed by atoms with Gasteiger partial charge in [-0.05, 0) is 79.9 Å². The lowest BCUT2D eigenvalue weighted by Gasteiger charge is -2.65. The fourth-order valence-electron chi connectivity index (χ4n) is 7.61. The van der Waals surface area contributed by atoms with Crippen molar-refractivity contribution in [2.45, 2.75) is 65.8 Å². The minimum atomic E-state index is -0.130. The van der Waals surface area contributed by atoms with Crippen LogP contribution in [0, 0.1) is 22.2 Å². The van der Waals surface area contributed by atoms with Gasteiger partial charge >= 0.3 is 0 Å². The van der Waals surface area contributed by atoms with Crippen LogP contribution in [-0.4, -0.2) is 24.1 Å². The highest BCUT2D eigenvalue weighted by atomic mass is 16.7. The van der Waals surface area contributed by atoms with Crippen molar-refractivity contribution in [3.05, 3.63) is 23.8 Å². The summed E-state index contributed by atoms with van der Waals surface area (Å²) in [5, 5.41) is 0. The van der Waals surface area contributed by atoms with Gasteiger partial charge in [0.2, 0.25) is 12.7 Å². The quantitative estimate of drug-likeness (QED) is 0.768. The van der Waals surface area contributed by atoms with E-state index in [0.29, 0.717) is 23.3 Å². The molecule has 1 aromatic carbocycles. The van der Waals surface area contributed by atoms with E-state index in [2.05, 4.69) is 31.7 Å². The lowest BCUT2D eigenvalue weighted by atomic mass is 9.40. The third kappa shape index (κ3) is 2.75. The lowest BCUT2D eigenvalue weighted by Crippen LogP contribution is -2.60. The molecule has 0 spiro atoms. The third-order valence-electron chi connectivity index (χ3n) is 7.56. The Morgan fingerprint density at radius 1 is 1.07 bits per heavy atom. The fraction of sp³-hybridized carbons (Fsp3) is 0.696. The van der Waals surface area contributed by atoms with E-state index < -0.39 is 0 Å². The minimum Gasteiger partial charge on any atom is -0.454 e. The first-order chi connectivity index (χ1) is 12.8. The van der Waals surface area contributed by atoms with Gasteiger partial charge in [-0.25, -0.2) is 0 Å². The normalized spacial score (nSPS) is 38.3. The second-order valence-corrected chi connectivity index (χ2v) is 10.4. The van der Waals surface area contributed by atoms with Gasteiger partial charge in [-0.2, -0.15) is 0 Å². The molecule has 4 heteroatoms. The van der Waals surface area contributed by atoms with Gasteiger partial charge < -0.3 is 14.4 Å². The number of nitrogens with zero attached hydrogens (tertiary/aromatic N) is 1. The van der Waals surface area contributed by atoms with Gasteiger partial charge in [0.15, 0.2) is 11.5 Å². The maximum atomic E-state index is 13.8. The molecular formula is C23H31NO3. The van der Waals surface area contributed by atoms with E-state index in [-0.39, 0.29) is 12.2 Å². The van der Waals surface area contributed by atoms with Gasteiger partial charge in [-0.15, -0.1) is 0 Å². The molecule has 2 atom stereocenters. The van der Waals surface area contributed by atoms with E-state index in [1.807, 2.05) is 12.1 Å². The van der Waals surface area contributed by atoms with Crippen molar-refractivity contribution in [2.24, 2.45) is 22.2 Å². The Hall–Kier alpha value is -1.71. The number of ether oxygens (including phenoxy) is 2. The van der Waals surface area contributed by atoms with Crippen molar-refractivity contribution in [3.63, 3.8) is 0 Å². The topological polar surface area (TPSA) is 38.8 Å². The predicted octanol–water partition coefficient (Wildman–Crippen LogP) is 4.76. The molecule has 0 N–H and O–H groups in total. The van der Waals surface area contributed by atoms with Gasteiger partial charge in [0.1, 0.15) is 0 Å². The number of rotatable bonds is 4. The molecule has 1 aromatic rings. The summed E-state index contributed by atoms with van der Waals surface area (Å²) >= 11 is 0. The third-order valence-corrected chi connectivity index (χ3v) is 7.56. The van der Waals surface area contributed by atoms with Crippen LogP contribution in [0.25, 0.3) is 0 Å². The van der Waals surface area contributed by atoms with E-state index >= 15 is 0 Å². The van der Waals surface area contributed by atoms with Crippen LogP contribution in [0.15, 0.2) is 18.2 Å². The molecule has 0 radical (unpaired) electrons. The molecule has 1 amide bonds. The van der Waals surface area contributed by atoms with Crippen molar-refractivity contribution < 1.29 is 14.3 Å². The number of fused-ring (bicyclic) bond motifs is 1. The van der Waals surface area contributed by atoms with Crippen molar-refractivity contribution >= 4 is 5.91 Å². The van der Waals surface area contributed by atoms with Crippen LogP contribution in [0.5, 0.6) is 11.5 Å². The zero-order valence-corrected chi connectivity index (χ0v) is 16.8. The summed E-state index contributed by atoms with van der Waals surface area (Å²) in [6.45, 7) is 8.68. The number of hydrogen-bond acceptors (Lipinski definition) is 3. The molecule has 4 nitrogen and oxygen atoms in total. The Morgan fingerprint density at radius 3 is 2.44 bits per heavy atom. The minimum absolute atomic E-state index is 0.130. The van der Waals surface area contributed by atoms with Crippen LogP contribution in [0.4, 0.5) is 0 Å². The van der Waals surface area contributed by atoms with Crippen LogP contribution >= 0.6 is 0 Å². The summed E-state index contributed by atoms with van der Waals surface area (Å²) < 4.78 is 10.9. The predicted molar refractivity (Wildman–Crippen MR) is 103 cm³/mol. The Balaban J connectivity index is 1.40. The number of amides is 1. The first kappa shape index (κ1) is 17.4. The Morgan fingerprint density at radius 2 is 1.78 bits per heavy atom. The van der Waals surface area contributed by atoms with E-state index in [1.165, 1.54) is 19.3 Å². The molecule has 1 aliphatic heterocycles. The van der Waals surface area contributed by atoms with Crippen LogP contribution in [0.3, 0.4) is 0 Å². The average molecular weight is 370 g/mol. The second-order valence-electron chi connectivity index (χ2n) is 10.4. The maximum absolute atomic E-state index is 13.8. The number of carbonyl (C=O) groups excluding carboxylic acids is 1. The van der Waals surface area contributed by atoms with Crippen molar-refractivity contribution in [1.29, 1.82) is 0 Å². The molecule has 0 aromatic heterocycles. The van der Waals surface area contributed by atoms with Gasteiger partial charge in [-0.3, -0.25) is 4.79 Å². The van der Waals surface area contributed by atoms with E-state index in [0.717, 1.165) is 48.8 Å². The van der Waals surface area contributed by atoms with Crippen molar-refractivity contribution in [1.82, 2.24) is 4.90 Å². The highest BCUT2D eigenvalue weighted by Gasteiger charge is 2.63. The smallest absolute Gasteiger partial charge is 0.231 e. The summed E-state index contributed by atoms with van der Waals surface area (Å²) in [4.78, 5) is 15.9. The molecule has 4 bridgehead atoms. The van der Waals surface area contributed by atoms with Crippen LogP contribution < -0.4 is 9.47 Å². The van der Waals surface area contributed by atoms with Crippen LogP contribution in [0.1, 0.15) is 64.9 Å². The molecule has 27 heavy (non-hydrogen) atoms. The molecule has 1 heterocycles. The zero-order chi connectivity index (χ0) is 18.9. The number of hydrogen-bond donors (Lipinski definition) is 0. The molecule has 4 saturated carbocycles. The van der Waals surface area contributed by atoms with Gasteiger partial charge in [-0.1, -0.05) is 19.9 Å². The average Bonchev–Trinajstić information content (AvgIpc) is 3.03. The highest BCUT2D eigenvalue weighted by molar-refractivity contribution is 5.83. The first-order valence-corrected chi connectivity index (χ1v) is 10.5. The second kappa shape index (κ2) is 5.65. The Kier molecular flexibility index (Phi) is 3.64. The number of carbonyl (C=O) groups is 1. The maximum Gasteiger partial charge on any atom is 0.231 e. The monoisotopic (exact) mass is 369 g/mol. The summed E-state index contributed by atoms with van der Waals surface area (Å²) in [6, 6.07) is 6.05. The van der Waals surface area contributed by atoms with Gasteiger partial charge in [0.05, 0.1) is 5.41 Å². The highest BCUT2D eigenvalue weighted by Crippen LogP contribution is 2.69. The van der Waals surface area contributed by atoms with Gasteiger partial charge in [0, 0.05) is 13.1 Å². The SMILES string of the molecule is CCN(Cc1ccc2c(c1)OCO2)C(=O)C12CC3CC(C)(CC(C)(C3)C1)C2. The zero-order valence-electron chi connectivity index (χ0n) is 16.8. The molecule has 146 valence electrons. The molecular weight excluding hydrogens is 338 g/mol. The number of benzene rings is 1. The Labute approximate surface area is 162 Å². The van der Waals surface area contributed by atoms with E-state index in [4.69, 9.17) is 9.47 Å². The van der Waals surface area contributed by atoms with Crippen molar-refractivity contribution in [2.75, 3.05) is 13.3 Å². The summed E-state index contributed by atoms with van der Waals surface area (Å²) in [5.74, 6) is 2.73. The fourth-order valence-corrected chi connectivity index (χ4v) is 7.61. The van der Waals surface area contributed by atoms with Gasteiger partial charge in [0.25, 0.3) is 0 Å². The van der Waals surface area contributed by atoms with E-state index in [1.54, 1.807) is 0 Å². The molecule has 2 unspecified atom stereocenters.